The van der Waals surface area contributed by atoms with E-state index in [4.69, 9.17) is 4.74 Å². The number of hydrogen-bond donors (Lipinski definition) is 1. The molecule has 0 heterocycles. The van der Waals surface area contributed by atoms with Gasteiger partial charge in [-0.25, -0.2) is 4.79 Å². The summed E-state index contributed by atoms with van der Waals surface area (Å²) >= 11 is 0. The van der Waals surface area contributed by atoms with E-state index in [1.54, 1.807) is 13.0 Å². The van der Waals surface area contributed by atoms with Crippen molar-refractivity contribution in [2.45, 2.75) is 65.7 Å². The predicted molar refractivity (Wildman–Crippen MR) is 81.4 cm³/mol. The Morgan fingerprint density at radius 3 is 2.50 bits per heavy atom. The van der Waals surface area contributed by atoms with Gasteiger partial charge in [0.15, 0.2) is 0 Å². The quantitative estimate of drug-likeness (QED) is 0.570. The van der Waals surface area contributed by atoms with Gasteiger partial charge in [0.2, 0.25) is 0 Å². The number of esters is 1. The fourth-order valence-corrected chi connectivity index (χ4v) is 3.30. The molecule has 1 fully saturated rings. The third-order valence-corrected chi connectivity index (χ3v) is 4.78. The lowest BCUT2D eigenvalue weighted by Gasteiger charge is -2.41. The number of allylic oxidation sites excluding steroid dienone is 1. The summed E-state index contributed by atoms with van der Waals surface area (Å²) in [6.45, 7) is 6.21. The van der Waals surface area contributed by atoms with Crippen LogP contribution in [0.1, 0.15) is 65.7 Å². The van der Waals surface area contributed by atoms with E-state index in [0.29, 0.717) is 18.1 Å². The largest absolute Gasteiger partial charge is 0.462 e. The highest BCUT2D eigenvalue weighted by atomic mass is 16.5. The van der Waals surface area contributed by atoms with Crippen LogP contribution in [-0.2, 0) is 9.53 Å². The van der Waals surface area contributed by atoms with Gasteiger partial charge in [0.05, 0.1) is 13.2 Å². The number of rotatable bonds is 7. The van der Waals surface area contributed by atoms with Gasteiger partial charge in [-0.2, -0.15) is 0 Å². The van der Waals surface area contributed by atoms with E-state index in [1.807, 2.05) is 6.92 Å². The predicted octanol–water partition coefficient (Wildman–Crippen LogP) is 3.85. The summed E-state index contributed by atoms with van der Waals surface area (Å²) in [5.41, 5.74) is 0.399. The zero-order chi connectivity index (χ0) is 15.0. The second-order valence-corrected chi connectivity index (χ2v) is 6.15. The maximum atomic E-state index is 11.9. The number of aliphatic hydroxyl groups excluding tert-OH is 1. The zero-order valence-corrected chi connectivity index (χ0v) is 13.3. The van der Waals surface area contributed by atoms with Crippen LogP contribution in [0.2, 0.25) is 0 Å². The lowest BCUT2D eigenvalue weighted by atomic mass is 9.67. The molecule has 1 saturated carbocycles. The van der Waals surface area contributed by atoms with Crippen molar-refractivity contribution in [2.75, 3.05) is 13.2 Å². The molecule has 0 aromatic rings. The van der Waals surface area contributed by atoms with Crippen LogP contribution in [0, 0.1) is 11.3 Å². The fourth-order valence-electron chi connectivity index (χ4n) is 3.30. The smallest absolute Gasteiger partial charge is 0.333 e. The van der Waals surface area contributed by atoms with Crippen molar-refractivity contribution in [1.29, 1.82) is 0 Å². The van der Waals surface area contributed by atoms with E-state index in [-0.39, 0.29) is 18.0 Å². The average Bonchev–Trinajstić information content (AvgIpc) is 2.51. The van der Waals surface area contributed by atoms with Gasteiger partial charge in [-0.1, -0.05) is 38.7 Å². The topological polar surface area (TPSA) is 46.5 Å². The Kier molecular flexibility index (Phi) is 7.28. The Balaban J connectivity index is 2.74. The Labute approximate surface area is 123 Å². The SMILES string of the molecule is CC=C(C)C(=O)OCC(CO)(CCC)C1CCCCC1. The molecule has 0 saturated heterocycles. The van der Waals surface area contributed by atoms with E-state index < -0.39 is 0 Å². The summed E-state index contributed by atoms with van der Waals surface area (Å²) in [6, 6.07) is 0. The Morgan fingerprint density at radius 2 is 2.00 bits per heavy atom. The van der Waals surface area contributed by atoms with Crippen LogP contribution in [0.15, 0.2) is 11.6 Å². The number of ether oxygens (including phenoxy) is 1. The summed E-state index contributed by atoms with van der Waals surface area (Å²) in [5.74, 6) is 0.233. The van der Waals surface area contributed by atoms with Gasteiger partial charge in [-0.05, 0) is 39.0 Å². The standard InChI is InChI=1S/C17H30O3/c1-4-11-17(12-18,15-9-7-6-8-10-15)13-20-16(19)14(3)5-2/h5,15,18H,4,6-13H2,1-3H3. The van der Waals surface area contributed by atoms with Crippen molar-refractivity contribution in [1.82, 2.24) is 0 Å². The number of hydrogen-bond acceptors (Lipinski definition) is 3. The molecule has 3 heteroatoms. The average molecular weight is 282 g/mol. The summed E-state index contributed by atoms with van der Waals surface area (Å²) in [6.07, 6.45) is 9.77. The molecular formula is C17H30O3. The maximum absolute atomic E-state index is 11.9. The number of carbonyl (C=O) groups is 1. The van der Waals surface area contributed by atoms with Gasteiger partial charge >= 0.3 is 5.97 Å². The van der Waals surface area contributed by atoms with Crippen molar-refractivity contribution in [3.8, 4) is 0 Å². The highest BCUT2D eigenvalue weighted by Gasteiger charge is 2.39. The summed E-state index contributed by atoms with van der Waals surface area (Å²) in [4.78, 5) is 11.9. The van der Waals surface area contributed by atoms with Crippen LogP contribution in [0.4, 0.5) is 0 Å². The van der Waals surface area contributed by atoms with Gasteiger partial charge < -0.3 is 9.84 Å². The van der Waals surface area contributed by atoms with Crippen LogP contribution in [0.3, 0.4) is 0 Å². The minimum Gasteiger partial charge on any atom is -0.462 e. The molecule has 0 radical (unpaired) electrons. The lowest BCUT2D eigenvalue weighted by molar-refractivity contribution is -0.146. The van der Waals surface area contributed by atoms with Gasteiger partial charge in [0.25, 0.3) is 0 Å². The van der Waals surface area contributed by atoms with Crippen molar-refractivity contribution in [3.63, 3.8) is 0 Å². The molecule has 1 rings (SSSR count). The molecule has 0 amide bonds. The first-order chi connectivity index (χ1) is 9.59. The zero-order valence-electron chi connectivity index (χ0n) is 13.3. The summed E-state index contributed by atoms with van der Waals surface area (Å²) in [7, 11) is 0. The van der Waals surface area contributed by atoms with Crippen LogP contribution >= 0.6 is 0 Å². The lowest BCUT2D eigenvalue weighted by Crippen LogP contribution is -2.40. The molecule has 0 spiro atoms. The van der Waals surface area contributed by atoms with Crippen molar-refractivity contribution in [2.24, 2.45) is 11.3 Å². The highest BCUT2D eigenvalue weighted by Crippen LogP contribution is 2.42. The highest BCUT2D eigenvalue weighted by molar-refractivity contribution is 5.87. The second-order valence-electron chi connectivity index (χ2n) is 6.15. The summed E-state index contributed by atoms with van der Waals surface area (Å²) in [5, 5.41) is 9.96. The van der Waals surface area contributed by atoms with E-state index in [2.05, 4.69) is 6.92 Å². The molecule has 1 aliphatic carbocycles. The molecule has 0 bridgehead atoms. The third kappa shape index (κ3) is 4.34. The molecule has 1 atom stereocenters. The molecule has 0 aliphatic heterocycles. The van der Waals surface area contributed by atoms with Crippen LogP contribution < -0.4 is 0 Å². The first kappa shape index (κ1) is 17.2. The minimum atomic E-state index is -0.253. The second kappa shape index (κ2) is 8.46. The van der Waals surface area contributed by atoms with E-state index in [1.165, 1.54) is 19.3 Å². The third-order valence-electron chi connectivity index (χ3n) is 4.78. The Morgan fingerprint density at radius 1 is 1.35 bits per heavy atom. The van der Waals surface area contributed by atoms with Crippen LogP contribution in [0.5, 0.6) is 0 Å². The Hall–Kier alpha value is -0.830. The first-order valence-corrected chi connectivity index (χ1v) is 8.00. The molecule has 1 N–H and O–H groups in total. The fraction of sp³-hybridized carbons (Fsp3) is 0.824. The molecular weight excluding hydrogens is 252 g/mol. The van der Waals surface area contributed by atoms with Crippen molar-refractivity contribution >= 4 is 5.97 Å². The molecule has 1 aliphatic rings. The molecule has 1 unspecified atom stereocenters. The monoisotopic (exact) mass is 282 g/mol. The number of carbonyl (C=O) groups excluding carboxylic acids is 1. The minimum absolute atomic E-state index is 0.119. The van der Waals surface area contributed by atoms with Gasteiger partial charge in [0, 0.05) is 11.0 Å². The first-order valence-electron chi connectivity index (χ1n) is 8.00. The van der Waals surface area contributed by atoms with Crippen LogP contribution in [-0.4, -0.2) is 24.3 Å². The van der Waals surface area contributed by atoms with E-state index >= 15 is 0 Å². The molecule has 20 heavy (non-hydrogen) atoms. The van der Waals surface area contributed by atoms with E-state index in [9.17, 15) is 9.90 Å². The van der Waals surface area contributed by atoms with Gasteiger partial charge in [0.1, 0.15) is 0 Å². The van der Waals surface area contributed by atoms with Crippen molar-refractivity contribution < 1.29 is 14.6 Å². The number of aliphatic hydroxyl groups is 1. The van der Waals surface area contributed by atoms with E-state index in [0.717, 1.165) is 25.7 Å². The van der Waals surface area contributed by atoms with Gasteiger partial charge in [-0.15, -0.1) is 0 Å². The molecule has 116 valence electrons. The van der Waals surface area contributed by atoms with Crippen molar-refractivity contribution in [3.05, 3.63) is 11.6 Å². The Bertz CT molecular complexity index is 329. The molecule has 0 aromatic carbocycles. The normalized spacial score (nSPS) is 20.5. The molecule has 3 nitrogen and oxygen atoms in total. The van der Waals surface area contributed by atoms with Crippen LogP contribution in [0.25, 0.3) is 0 Å². The molecule has 0 aromatic heterocycles. The maximum Gasteiger partial charge on any atom is 0.333 e. The van der Waals surface area contributed by atoms with Gasteiger partial charge in [-0.3, -0.25) is 0 Å². The summed E-state index contributed by atoms with van der Waals surface area (Å²) < 4.78 is 5.49.